The summed E-state index contributed by atoms with van der Waals surface area (Å²) in [6, 6.07) is 14.9. The third kappa shape index (κ3) is 4.34. The Hall–Kier alpha value is -2.82. The molecular weight excluding hydrogens is 278 g/mol. The van der Waals surface area contributed by atoms with E-state index in [0.717, 1.165) is 16.9 Å². The highest BCUT2D eigenvalue weighted by molar-refractivity contribution is 5.94. The standard InChI is InChI=1S/C17H19N3O2/c1-12(21)20-16-7-3-13(4-8-16)11-19-15-9-5-14(6-10-15)17(22)18-2/h3-10,19H,11H2,1-2H3,(H,18,22)(H,20,21). The van der Waals surface area contributed by atoms with E-state index in [4.69, 9.17) is 0 Å². The molecule has 5 heteroatoms. The van der Waals surface area contributed by atoms with Gasteiger partial charge in [0.05, 0.1) is 0 Å². The maximum absolute atomic E-state index is 11.5. The van der Waals surface area contributed by atoms with Gasteiger partial charge in [0.2, 0.25) is 5.91 Å². The normalized spacial score (nSPS) is 9.91. The predicted octanol–water partition coefficient (Wildman–Crippen LogP) is 2.62. The molecule has 2 rings (SSSR count). The molecule has 3 N–H and O–H groups in total. The van der Waals surface area contributed by atoms with Gasteiger partial charge in [-0.1, -0.05) is 12.1 Å². The Balaban J connectivity index is 1.92. The molecule has 0 unspecified atom stereocenters. The Kier molecular flexibility index (Phi) is 5.14. The minimum Gasteiger partial charge on any atom is -0.381 e. The molecule has 0 saturated carbocycles. The molecule has 0 spiro atoms. The molecule has 0 atom stereocenters. The summed E-state index contributed by atoms with van der Waals surface area (Å²) in [6.07, 6.45) is 0. The van der Waals surface area contributed by atoms with Crippen molar-refractivity contribution in [3.05, 3.63) is 59.7 Å². The summed E-state index contributed by atoms with van der Waals surface area (Å²) in [5, 5.41) is 8.61. The average molecular weight is 297 g/mol. The van der Waals surface area contributed by atoms with Crippen molar-refractivity contribution in [1.82, 2.24) is 5.32 Å². The Morgan fingerprint density at radius 2 is 1.50 bits per heavy atom. The molecular formula is C17H19N3O2. The molecule has 0 heterocycles. The Bertz CT molecular complexity index is 649. The topological polar surface area (TPSA) is 70.2 Å². The van der Waals surface area contributed by atoms with Crippen LogP contribution in [0, 0.1) is 0 Å². The first-order valence-electron chi connectivity index (χ1n) is 7.01. The van der Waals surface area contributed by atoms with Gasteiger partial charge >= 0.3 is 0 Å². The van der Waals surface area contributed by atoms with Gasteiger partial charge in [0, 0.05) is 37.5 Å². The minimum absolute atomic E-state index is 0.0814. The Labute approximate surface area is 129 Å². The third-order valence-corrected chi connectivity index (χ3v) is 3.15. The minimum atomic E-state index is -0.0971. The van der Waals surface area contributed by atoms with E-state index in [0.29, 0.717) is 12.1 Å². The van der Waals surface area contributed by atoms with Crippen LogP contribution in [0.4, 0.5) is 11.4 Å². The molecule has 0 aromatic heterocycles. The zero-order chi connectivity index (χ0) is 15.9. The van der Waals surface area contributed by atoms with Crippen LogP contribution in [-0.2, 0) is 11.3 Å². The van der Waals surface area contributed by atoms with Gasteiger partial charge in [0.25, 0.3) is 5.91 Å². The summed E-state index contributed by atoms with van der Waals surface area (Å²) in [7, 11) is 1.61. The van der Waals surface area contributed by atoms with E-state index in [1.165, 1.54) is 6.92 Å². The highest BCUT2D eigenvalue weighted by Crippen LogP contribution is 2.13. The second-order valence-corrected chi connectivity index (χ2v) is 4.89. The molecule has 0 saturated heterocycles. The largest absolute Gasteiger partial charge is 0.381 e. The van der Waals surface area contributed by atoms with E-state index in [1.807, 2.05) is 36.4 Å². The van der Waals surface area contributed by atoms with Crippen LogP contribution in [0.15, 0.2) is 48.5 Å². The van der Waals surface area contributed by atoms with E-state index >= 15 is 0 Å². The first-order valence-corrected chi connectivity index (χ1v) is 7.01. The number of hydrogen-bond donors (Lipinski definition) is 3. The fraction of sp³-hybridized carbons (Fsp3) is 0.176. The number of amides is 2. The molecule has 0 bridgehead atoms. The third-order valence-electron chi connectivity index (χ3n) is 3.15. The highest BCUT2D eigenvalue weighted by Gasteiger charge is 2.02. The Morgan fingerprint density at radius 1 is 0.909 bits per heavy atom. The SMILES string of the molecule is CNC(=O)c1ccc(NCc2ccc(NC(C)=O)cc2)cc1. The van der Waals surface area contributed by atoms with Gasteiger partial charge in [-0.25, -0.2) is 0 Å². The number of carbonyl (C=O) groups is 2. The molecule has 114 valence electrons. The van der Waals surface area contributed by atoms with Crippen molar-refractivity contribution in [2.75, 3.05) is 17.7 Å². The lowest BCUT2D eigenvalue weighted by atomic mass is 10.1. The van der Waals surface area contributed by atoms with Gasteiger partial charge in [-0.15, -0.1) is 0 Å². The van der Waals surface area contributed by atoms with E-state index in [2.05, 4.69) is 16.0 Å². The lowest BCUT2D eigenvalue weighted by molar-refractivity contribution is -0.114. The number of benzene rings is 2. The van der Waals surface area contributed by atoms with Gasteiger partial charge < -0.3 is 16.0 Å². The quantitative estimate of drug-likeness (QED) is 0.794. The second kappa shape index (κ2) is 7.26. The number of anilines is 2. The lowest BCUT2D eigenvalue weighted by Gasteiger charge is -2.08. The zero-order valence-electron chi connectivity index (χ0n) is 12.6. The van der Waals surface area contributed by atoms with Crippen LogP contribution in [0.5, 0.6) is 0 Å². The van der Waals surface area contributed by atoms with Gasteiger partial charge in [-0.2, -0.15) is 0 Å². The monoisotopic (exact) mass is 297 g/mol. The first-order chi connectivity index (χ1) is 10.6. The molecule has 0 aliphatic carbocycles. The number of rotatable bonds is 5. The highest BCUT2D eigenvalue weighted by atomic mass is 16.2. The van der Waals surface area contributed by atoms with Crippen molar-refractivity contribution < 1.29 is 9.59 Å². The first kappa shape index (κ1) is 15.6. The van der Waals surface area contributed by atoms with Crippen molar-refractivity contribution in [2.45, 2.75) is 13.5 Å². The van der Waals surface area contributed by atoms with Crippen molar-refractivity contribution in [2.24, 2.45) is 0 Å². The summed E-state index contributed by atoms with van der Waals surface area (Å²) in [6.45, 7) is 2.15. The fourth-order valence-electron chi connectivity index (χ4n) is 2.00. The Morgan fingerprint density at radius 3 is 2.05 bits per heavy atom. The molecule has 2 aromatic rings. The maximum atomic E-state index is 11.5. The van der Waals surface area contributed by atoms with Crippen LogP contribution in [-0.4, -0.2) is 18.9 Å². The van der Waals surface area contributed by atoms with Crippen molar-refractivity contribution in [1.29, 1.82) is 0 Å². The van der Waals surface area contributed by atoms with Crippen molar-refractivity contribution >= 4 is 23.2 Å². The average Bonchev–Trinajstić information content (AvgIpc) is 2.53. The molecule has 2 amide bonds. The maximum Gasteiger partial charge on any atom is 0.251 e. The smallest absolute Gasteiger partial charge is 0.251 e. The molecule has 5 nitrogen and oxygen atoms in total. The summed E-state index contributed by atoms with van der Waals surface area (Å²) in [5.74, 6) is -0.179. The second-order valence-electron chi connectivity index (χ2n) is 4.89. The van der Waals surface area contributed by atoms with Crippen LogP contribution in [0.3, 0.4) is 0 Å². The van der Waals surface area contributed by atoms with Gasteiger partial charge in [0.1, 0.15) is 0 Å². The van der Waals surface area contributed by atoms with Crippen LogP contribution in [0.25, 0.3) is 0 Å². The molecule has 22 heavy (non-hydrogen) atoms. The zero-order valence-corrected chi connectivity index (χ0v) is 12.6. The van der Waals surface area contributed by atoms with Crippen molar-refractivity contribution in [3.63, 3.8) is 0 Å². The van der Waals surface area contributed by atoms with E-state index < -0.39 is 0 Å². The molecule has 2 aromatic carbocycles. The summed E-state index contributed by atoms with van der Waals surface area (Å²) < 4.78 is 0. The summed E-state index contributed by atoms with van der Waals surface area (Å²) in [4.78, 5) is 22.4. The predicted molar refractivity (Wildman–Crippen MR) is 87.9 cm³/mol. The molecule has 0 fully saturated rings. The number of carbonyl (C=O) groups excluding carboxylic acids is 2. The van der Waals surface area contributed by atoms with Gasteiger partial charge in [0.15, 0.2) is 0 Å². The van der Waals surface area contributed by atoms with Crippen LogP contribution >= 0.6 is 0 Å². The molecule has 0 aliphatic rings. The van der Waals surface area contributed by atoms with Crippen LogP contribution < -0.4 is 16.0 Å². The molecule has 0 radical (unpaired) electrons. The van der Waals surface area contributed by atoms with E-state index in [1.54, 1.807) is 19.2 Å². The molecule has 0 aliphatic heterocycles. The number of hydrogen-bond acceptors (Lipinski definition) is 3. The lowest BCUT2D eigenvalue weighted by Crippen LogP contribution is -2.17. The van der Waals surface area contributed by atoms with E-state index in [-0.39, 0.29) is 11.8 Å². The fourth-order valence-corrected chi connectivity index (χ4v) is 2.00. The van der Waals surface area contributed by atoms with E-state index in [9.17, 15) is 9.59 Å². The van der Waals surface area contributed by atoms with Crippen LogP contribution in [0.2, 0.25) is 0 Å². The van der Waals surface area contributed by atoms with Gasteiger partial charge in [-0.05, 0) is 42.0 Å². The number of nitrogens with one attached hydrogen (secondary N) is 3. The van der Waals surface area contributed by atoms with Crippen LogP contribution in [0.1, 0.15) is 22.8 Å². The van der Waals surface area contributed by atoms with Gasteiger partial charge in [-0.3, -0.25) is 9.59 Å². The van der Waals surface area contributed by atoms with Crippen molar-refractivity contribution in [3.8, 4) is 0 Å². The summed E-state index contributed by atoms with van der Waals surface area (Å²) >= 11 is 0. The summed E-state index contributed by atoms with van der Waals surface area (Å²) in [5.41, 5.74) is 3.46.